The van der Waals surface area contributed by atoms with E-state index in [9.17, 15) is 17.6 Å². The van der Waals surface area contributed by atoms with Crippen molar-refractivity contribution in [2.75, 3.05) is 13.7 Å². The molecule has 0 aliphatic heterocycles. The van der Waals surface area contributed by atoms with Gasteiger partial charge in [0.05, 0.1) is 17.7 Å². The zero-order valence-electron chi connectivity index (χ0n) is 11.7. The number of benzene rings is 1. The minimum Gasteiger partial charge on any atom is -0.377 e. The van der Waals surface area contributed by atoms with Crippen LogP contribution in [0.15, 0.2) is 18.2 Å². The summed E-state index contributed by atoms with van der Waals surface area (Å²) in [5.74, 6) is -1.26. The Balaban J connectivity index is 3.08. The third-order valence-corrected chi connectivity index (χ3v) is 3.12. The second-order valence-electron chi connectivity index (χ2n) is 4.41. The van der Waals surface area contributed by atoms with Crippen molar-refractivity contribution < 1.29 is 22.3 Å². The summed E-state index contributed by atoms with van der Waals surface area (Å²) in [7, 11) is 1.67. The van der Waals surface area contributed by atoms with E-state index >= 15 is 0 Å². The van der Waals surface area contributed by atoms with Gasteiger partial charge in [-0.25, -0.2) is 4.39 Å². The third-order valence-electron chi connectivity index (χ3n) is 3.12. The van der Waals surface area contributed by atoms with Crippen LogP contribution in [0.1, 0.15) is 37.4 Å². The number of hydrogen-bond acceptors (Lipinski definition) is 2. The predicted octanol–water partition coefficient (Wildman–Crippen LogP) is 3.92. The van der Waals surface area contributed by atoms with Crippen LogP contribution >= 0.6 is 0 Å². The molecule has 1 rings (SSSR count). The first-order valence-electron chi connectivity index (χ1n) is 6.50. The van der Waals surface area contributed by atoms with Gasteiger partial charge < -0.3 is 10.1 Å². The van der Waals surface area contributed by atoms with Gasteiger partial charge in [-0.15, -0.1) is 0 Å². The molecule has 0 fully saturated rings. The van der Waals surface area contributed by atoms with Crippen LogP contribution in [0.2, 0.25) is 0 Å². The van der Waals surface area contributed by atoms with Crippen LogP contribution in [0.4, 0.5) is 17.6 Å². The zero-order valence-corrected chi connectivity index (χ0v) is 11.7. The molecule has 1 aromatic carbocycles. The molecule has 114 valence electrons. The van der Waals surface area contributed by atoms with Gasteiger partial charge in [0, 0.05) is 6.61 Å². The number of alkyl halides is 3. The molecule has 1 N–H and O–H groups in total. The first-order chi connectivity index (χ1) is 9.35. The summed E-state index contributed by atoms with van der Waals surface area (Å²) in [5.41, 5.74) is -0.807. The number of nitrogens with one attached hydrogen (secondary N) is 1. The Morgan fingerprint density at radius 3 is 2.30 bits per heavy atom. The van der Waals surface area contributed by atoms with Crippen LogP contribution in [0.5, 0.6) is 0 Å². The molecule has 0 spiro atoms. The van der Waals surface area contributed by atoms with Gasteiger partial charge in [0.1, 0.15) is 5.82 Å². The van der Waals surface area contributed by atoms with Gasteiger partial charge in [-0.05, 0) is 38.1 Å². The molecule has 0 aliphatic rings. The maximum Gasteiger partial charge on any atom is 0.419 e. The van der Waals surface area contributed by atoms with Crippen molar-refractivity contribution in [3.05, 3.63) is 35.1 Å². The number of hydrogen-bond donors (Lipinski definition) is 1. The van der Waals surface area contributed by atoms with Crippen molar-refractivity contribution in [2.24, 2.45) is 0 Å². The van der Waals surface area contributed by atoms with E-state index < -0.39 is 17.6 Å². The van der Waals surface area contributed by atoms with Crippen molar-refractivity contribution in [3.63, 3.8) is 0 Å². The Morgan fingerprint density at radius 2 is 1.90 bits per heavy atom. The molecule has 6 heteroatoms. The highest BCUT2D eigenvalue weighted by Crippen LogP contribution is 2.33. The highest BCUT2D eigenvalue weighted by Gasteiger charge is 2.34. The summed E-state index contributed by atoms with van der Waals surface area (Å²) in [5, 5.41) is 2.97. The van der Waals surface area contributed by atoms with E-state index in [0.717, 1.165) is 12.1 Å². The fraction of sp³-hybridized carbons (Fsp3) is 0.571. The molecule has 0 aliphatic carbocycles. The zero-order chi connectivity index (χ0) is 15.3. The lowest BCUT2D eigenvalue weighted by Gasteiger charge is -2.26. The monoisotopic (exact) mass is 293 g/mol. The van der Waals surface area contributed by atoms with Crippen LogP contribution < -0.4 is 5.32 Å². The number of halogens is 4. The normalized spacial score (nSPS) is 15.2. The van der Waals surface area contributed by atoms with Gasteiger partial charge in [-0.3, -0.25) is 0 Å². The molecule has 0 bridgehead atoms. The summed E-state index contributed by atoms with van der Waals surface area (Å²) < 4.78 is 56.7. The van der Waals surface area contributed by atoms with E-state index in [4.69, 9.17) is 4.74 Å². The fourth-order valence-electron chi connectivity index (χ4n) is 2.19. The van der Waals surface area contributed by atoms with E-state index in [1.54, 1.807) is 7.05 Å². The maximum atomic E-state index is 13.6. The van der Waals surface area contributed by atoms with E-state index in [0.29, 0.717) is 18.6 Å². The highest BCUT2D eigenvalue weighted by atomic mass is 19.4. The third kappa shape index (κ3) is 3.93. The van der Waals surface area contributed by atoms with Crippen molar-refractivity contribution in [2.45, 2.75) is 38.6 Å². The molecular weight excluding hydrogens is 274 g/mol. The maximum absolute atomic E-state index is 13.6. The predicted molar refractivity (Wildman–Crippen MR) is 68.9 cm³/mol. The molecule has 1 aromatic rings. The van der Waals surface area contributed by atoms with Crippen molar-refractivity contribution >= 4 is 0 Å². The van der Waals surface area contributed by atoms with Crippen LogP contribution in [0, 0.1) is 5.82 Å². The Labute approximate surface area is 116 Å². The molecule has 20 heavy (non-hydrogen) atoms. The topological polar surface area (TPSA) is 21.3 Å². The van der Waals surface area contributed by atoms with E-state index in [1.807, 2.05) is 13.8 Å². The summed E-state index contributed by atoms with van der Waals surface area (Å²) >= 11 is 0. The first kappa shape index (κ1) is 16.9. The summed E-state index contributed by atoms with van der Waals surface area (Å²) in [6.07, 6.45) is -4.23. The lowest BCUT2D eigenvalue weighted by Crippen LogP contribution is -2.31. The average Bonchev–Trinajstić information content (AvgIpc) is 2.37. The molecule has 0 amide bonds. The molecule has 0 saturated carbocycles. The standard InChI is InChI=1S/C14H19F4NO/c1-4-12(20-5-2)13(19-3)9-6-7-10(11(15)8-9)14(16,17)18/h6-8,12-13,19H,4-5H2,1-3H3. The molecular formula is C14H19F4NO. The Hall–Kier alpha value is -1.14. The number of ether oxygens (including phenoxy) is 1. The Morgan fingerprint density at radius 1 is 1.25 bits per heavy atom. The minimum atomic E-state index is -4.68. The Kier molecular flexibility index (Phi) is 5.95. The van der Waals surface area contributed by atoms with E-state index in [1.165, 1.54) is 6.07 Å². The second kappa shape index (κ2) is 7.04. The molecule has 2 nitrogen and oxygen atoms in total. The largest absolute Gasteiger partial charge is 0.419 e. The molecule has 0 heterocycles. The van der Waals surface area contributed by atoms with Crippen LogP contribution in [0.25, 0.3) is 0 Å². The summed E-state index contributed by atoms with van der Waals surface area (Å²) in [6.45, 7) is 4.23. The molecule has 0 saturated heterocycles. The number of rotatable bonds is 6. The fourth-order valence-corrected chi connectivity index (χ4v) is 2.19. The number of likely N-dealkylation sites (N-methyl/N-ethyl adjacent to an activating group) is 1. The highest BCUT2D eigenvalue weighted by molar-refractivity contribution is 5.29. The minimum absolute atomic E-state index is 0.221. The van der Waals surface area contributed by atoms with Gasteiger partial charge in [0.2, 0.25) is 0 Å². The first-order valence-corrected chi connectivity index (χ1v) is 6.50. The smallest absolute Gasteiger partial charge is 0.377 e. The van der Waals surface area contributed by atoms with Crippen molar-refractivity contribution in [1.82, 2.24) is 5.32 Å². The second-order valence-corrected chi connectivity index (χ2v) is 4.41. The van der Waals surface area contributed by atoms with Gasteiger partial charge in [0.15, 0.2) is 0 Å². The van der Waals surface area contributed by atoms with Gasteiger partial charge in [-0.2, -0.15) is 13.2 Å². The molecule has 2 unspecified atom stereocenters. The van der Waals surface area contributed by atoms with Gasteiger partial charge >= 0.3 is 6.18 Å². The van der Waals surface area contributed by atoms with E-state index in [-0.39, 0.29) is 12.1 Å². The van der Waals surface area contributed by atoms with Crippen LogP contribution in [-0.2, 0) is 10.9 Å². The van der Waals surface area contributed by atoms with Crippen molar-refractivity contribution in [1.29, 1.82) is 0 Å². The van der Waals surface area contributed by atoms with Crippen LogP contribution in [0.3, 0.4) is 0 Å². The SMILES string of the molecule is CCOC(CC)C(NC)c1ccc(C(F)(F)F)c(F)c1. The average molecular weight is 293 g/mol. The summed E-state index contributed by atoms with van der Waals surface area (Å²) in [6, 6.07) is 2.63. The lowest BCUT2D eigenvalue weighted by molar-refractivity contribution is -0.140. The van der Waals surface area contributed by atoms with Gasteiger partial charge in [-0.1, -0.05) is 13.0 Å². The molecule has 0 radical (unpaired) electrons. The summed E-state index contributed by atoms with van der Waals surface area (Å²) in [4.78, 5) is 0. The molecule has 2 atom stereocenters. The van der Waals surface area contributed by atoms with Crippen LogP contribution in [-0.4, -0.2) is 19.8 Å². The Bertz CT molecular complexity index is 434. The van der Waals surface area contributed by atoms with Crippen molar-refractivity contribution in [3.8, 4) is 0 Å². The molecule has 0 aromatic heterocycles. The lowest BCUT2D eigenvalue weighted by atomic mass is 9.98. The van der Waals surface area contributed by atoms with Gasteiger partial charge in [0.25, 0.3) is 0 Å². The van der Waals surface area contributed by atoms with E-state index in [2.05, 4.69) is 5.32 Å². The quantitative estimate of drug-likeness (QED) is 0.803.